The van der Waals surface area contributed by atoms with Crippen molar-refractivity contribution in [2.24, 2.45) is 0 Å². The number of nitrogens with one attached hydrogen (secondary N) is 1. The van der Waals surface area contributed by atoms with E-state index in [0.29, 0.717) is 25.1 Å². The van der Waals surface area contributed by atoms with Gasteiger partial charge < -0.3 is 10.1 Å². The van der Waals surface area contributed by atoms with Gasteiger partial charge in [0.1, 0.15) is 0 Å². The second-order valence-corrected chi connectivity index (χ2v) is 6.11. The highest BCUT2D eigenvalue weighted by Crippen LogP contribution is 2.21. The van der Waals surface area contributed by atoms with E-state index in [1.807, 2.05) is 12.1 Å². The second kappa shape index (κ2) is 8.15. The molecule has 0 aromatic heterocycles. The maximum atomic E-state index is 11.9. The molecule has 6 heteroatoms. The first kappa shape index (κ1) is 16.0. The number of carbonyl (C=O) groups is 1. The van der Waals surface area contributed by atoms with Gasteiger partial charge in [0.2, 0.25) is 0 Å². The molecule has 3 nitrogen and oxygen atoms in total. The second-order valence-electron chi connectivity index (χ2n) is 3.72. The lowest BCUT2D eigenvalue weighted by Crippen LogP contribution is -2.27. The summed E-state index contributed by atoms with van der Waals surface area (Å²) in [7, 11) is 1.60. The topological polar surface area (TPSA) is 38.3 Å². The molecule has 0 bridgehead atoms. The number of methoxy groups -OCH3 is 1. The van der Waals surface area contributed by atoms with Crippen molar-refractivity contribution in [3.05, 3.63) is 32.7 Å². The first-order chi connectivity index (χ1) is 8.54. The van der Waals surface area contributed by atoms with Gasteiger partial charge in [-0.2, -0.15) is 0 Å². The van der Waals surface area contributed by atoms with Gasteiger partial charge in [0.05, 0.1) is 17.5 Å². The molecule has 18 heavy (non-hydrogen) atoms. The Kier molecular flexibility index (Phi) is 7.22. The van der Waals surface area contributed by atoms with Crippen molar-refractivity contribution in [3.8, 4) is 0 Å². The average molecular weight is 400 g/mol. The molecule has 0 aliphatic rings. The van der Waals surface area contributed by atoms with E-state index in [2.05, 4.69) is 37.2 Å². The van der Waals surface area contributed by atoms with Gasteiger partial charge in [-0.05, 0) is 40.5 Å². The molecule has 0 heterocycles. The maximum Gasteiger partial charge on any atom is 0.252 e. The number of carbonyl (C=O) groups excluding carboxylic acids is 1. The van der Waals surface area contributed by atoms with E-state index >= 15 is 0 Å². The molecule has 1 unspecified atom stereocenters. The molecule has 0 fully saturated rings. The van der Waals surface area contributed by atoms with E-state index in [1.54, 1.807) is 13.2 Å². The molecule has 1 aromatic rings. The highest BCUT2D eigenvalue weighted by atomic mass is 79.9. The lowest BCUT2D eigenvalue weighted by molar-refractivity contribution is 0.0951. The van der Waals surface area contributed by atoms with Gasteiger partial charge in [-0.15, -0.1) is 11.6 Å². The minimum Gasteiger partial charge on any atom is -0.383 e. The van der Waals surface area contributed by atoms with Gasteiger partial charge >= 0.3 is 0 Å². The van der Waals surface area contributed by atoms with E-state index < -0.39 is 0 Å². The van der Waals surface area contributed by atoms with Crippen LogP contribution in [0.2, 0.25) is 0 Å². The standard InChI is InChI=1S/C12H14Br2ClNO2/c1-18-7-9(15)4-5-16-12(17)10-6-8(13)2-3-11(10)14/h2-3,6,9H,4-5,7H2,1H3,(H,16,17). The molecule has 0 radical (unpaired) electrons. The Morgan fingerprint density at radius 3 is 2.89 bits per heavy atom. The fourth-order valence-electron chi connectivity index (χ4n) is 1.37. The van der Waals surface area contributed by atoms with Crippen LogP contribution in [0.15, 0.2) is 27.1 Å². The van der Waals surface area contributed by atoms with Crippen LogP contribution in [0, 0.1) is 0 Å². The Bertz CT molecular complexity index is 415. The number of hydrogen-bond acceptors (Lipinski definition) is 2. The lowest BCUT2D eigenvalue weighted by Gasteiger charge is -2.10. The van der Waals surface area contributed by atoms with Gasteiger partial charge in [-0.25, -0.2) is 0 Å². The molecule has 0 aliphatic heterocycles. The quantitative estimate of drug-likeness (QED) is 0.743. The Balaban J connectivity index is 2.48. The molecule has 1 atom stereocenters. The van der Waals surface area contributed by atoms with E-state index in [-0.39, 0.29) is 11.3 Å². The summed E-state index contributed by atoms with van der Waals surface area (Å²) in [4.78, 5) is 11.9. The van der Waals surface area contributed by atoms with Gasteiger partial charge in [0, 0.05) is 22.6 Å². The van der Waals surface area contributed by atoms with Crippen LogP contribution in [0.3, 0.4) is 0 Å². The SMILES string of the molecule is COCC(Cl)CCNC(=O)c1cc(Br)ccc1Br. The van der Waals surface area contributed by atoms with Crippen molar-refractivity contribution in [1.82, 2.24) is 5.32 Å². The Hall–Kier alpha value is -0.100. The molecule has 1 rings (SSSR count). The first-order valence-corrected chi connectivity index (χ1v) is 7.43. The summed E-state index contributed by atoms with van der Waals surface area (Å²) in [5.41, 5.74) is 0.599. The molecule has 0 saturated heterocycles. The summed E-state index contributed by atoms with van der Waals surface area (Å²) in [6.45, 7) is 1.01. The van der Waals surface area contributed by atoms with Crippen molar-refractivity contribution < 1.29 is 9.53 Å². The molecule has 1 aromatic carbocycles. The number of halogens is 3. The average Bonchev–Trinajstić information content (AvgIpc) is 2.32. The Morgan fingerprint density at radius 2 is 2.22 bits per heavy atom. The number of amides is 1. The van der Waals surface area contributed by atoms with Gasteiger partial charge in [0.15, 0.2) is 0 Å². The summed E-state index contributed by atoms with van der Waals surface area (Å²) >= 11 is 12.7. The van der Waals surface area contributed by atoms with Crippen molar-refractivity contribution in [1.29, 1.82) is 0 Å². The molecule has 100 valence electrons. The summed E-state index contributed by atoms with van der Waals surface area (Å²) in [5, 5.41) is 2.74. The van der Waals surface area contributed by atoms with Gasteiger partial charge in [0.25, 0.3) is 5.91 Å². The smallest absolute Gasteiger partial charge is 0.252 e. The van der Waals surface area contributed by atoms with Gasteiger partial charge in [-0.1, -0.05) is 15.9 Å². The lowest BCUT2D eigenvalue weighted by atomic mass is 10.2. The summed E-state index contributed by atoms with van der Waals surface area (Å²) in [6.07, 6.45) is 0.673. The molecule has 0 spiro atoms. The van der Waals surface area contributed by atoms with Crippen LogP contribution in [0.1, 0.15) is 16.8 Å². The zero-order valence-electron chi connectivity index (χ0n) is 9.88. The van der Waals surface area contributed by atoms with Crippen LogP contribution in [0.25, 0.3) is 0 Å². The Morgan fingerprint density at radius 1 is 1.50 bits per heavy atom. The van der Waals surface area contributed by atoms with E-state index in [4.69, 9.17) is 16.3 Å². The van der Waals surface area contributed by atoms with Gasteiger partial charge in [-0.3, -0.25) is 4.79 Å². The fourth-order valence-corrected chi connectivity index (χ4v) is 2.40. The van der Waals surface area contributed by atoms with Crippen LogP contribution in [0.4, 0.5) is 0 Å². The third-order valence-electron chi connectivity index (χ3n) is 2.26. The number of alkyl halides is 1. The van der Waals surface area contributed by atoms with Crippen molar-refractivity contribution in [2.45, 2.75) is 11.8 Å². The van der Waals surface area contributed by atoms with Crippen molar-refractivity contribution in [2.75, 3.05) is 20.3 Å². The zero-order valence-corrected chi connectivity index (χ0v) is 13.8. The van der Waals surface area contributed by atoms with E-state index in [9.17, 15) is 4.79 Å². The van der Waals surface area contributed by atoms with Crippen LogP contribution >= 0.6 is 43.5 Å². The fraction of sp³-hybridized carbons (Fsp3) is 0.417. The minimum atomic E-state index is -0.121. The van der Waals surface area contributed by atoms with Crippen LogP contribution < -0.4 is 5.32 Å². The van der Waals surface area contributed by atoms with Crippen molar-refractivity contribution in [3.63, 3.8) is 0 Å². The number of ether oxygens (including phenoxy) is 1. The van der Waals surface area contributed by atoms with E-state index in [0.717, 1.165) is 8.95 Å². The number of hydrogen-bond donors (Lipinski definition) is 1. The monoisotopic (exact) mass is 397 g/mol. The first-order valence-electron chi connectivity index (χ1n) is 5.41. The predicted octanol–water partition coefficient (Wildman–Crippen LogP) is 3.59. The predicted molar refractivity (Wildman–Crippen MR) is 80.3 cm³/mol. The largest absolute Gasteiger partial charge is 0.383 e. The summed E-state index contributed by atoms with van der Waals surface area (Å²) in [5.74, 6) is -0.121. The highest BCUT2D eigenvalue weighted by molar-refractivity contribution is 9.11. The van der Waals surface area contributed by atoms with Crippen LogP contribution in [-0.4, -0.2) is 31.5 Å². The minimum absolute atomic E-state index is 0.0822. The Labute approximate surface area is 128 Å². The molecular formula is C12H14Br2ClNO2. The molecule has 1 amide bonds. The van der Waals surface area contributed by atoms with Crippen LogP contribution in [-0.2, 0) is 4.74 Å². The molecule has 1 N–H and O–H groups in total. The molecular weight excluding hydrogens is 385 g/mol. The zero-order chi connectivity index (χ0) is 13.5. The number of benzene rings is 1. The van der Waals surface area contributed by atoms with Crippen LogP contribution in [0.5, 0.6) is 0 Å². The van der Waals surface area contributed by atoms with E-state index in [1.165, 1.54) is 0 Å². The third-order valence-corrected chi connectivity index (χ3v) is 3.79. The maximum absolute atomic E-state index is 11.9. The summed E-state index contributed by atoms with van der Waals surface area (Å²) < 4.78 is 6.55. The number of rotatable bonds is 6. The third kappa shape index (κ3) is 5.26. The van der Waals surface area contributed by atoms with Crippen molar-refractivity contribution >= 4 is 49.4 Å². The normalized spacial score (nSPS) is 12.2. The summed E-state index contributed by atoms with van der Waals surface area (Å²) in [6, 6.07) is 5.47. The molecule has 0 aliphatic carbocycles. The molecule has 0 saturated carbocycles. The highest BCUT2D eigenvalue weighted by Gasteiger charge is 2.11.